The van der Waals surface area contributed by atoms with Crippen molar-refractivity contribution in [1.82, 2.24) is 15.5 Å². The minimum Gasteiger partial charge on any atom is -0.481 e. The Hall–Kier alpha value is -1.79. The van der Waals surface area contributed by atoms with E-state index in [1.807, 2.05) is 0 Å². The molecule has 0 aromatic heterocycles. The number of carboxylic acid groups (broad SMARTS) is 1. The molecule has 1 heterocycles. The van der Waals surface area contributed by atoms with Gasteiger partial charge in [0.25, 0.3) is 0 Å². The molecule has 1 saturated heterocycles. The van der Waals surface area contributed by atoms with Crippen molar-refractivity contribution < 1.29 is 19.5 Å². The Morgan fingerprint density at radius 1 is 1.33 bits per heavy atom. The predicted molar refractivity (Wildman–Crippen MR) is 64.1 cm³/mol. The number of carbonyl (C=O) groups excluding carboxylic acids is 2. The van der Waals surface area contributed by atoms with E-state index in [4.69, 9.17) is 5.11 Å². The Morgan fingerprint density at radius 2 is 2.11 bits per heavy atom. The standard InChI is InChI=1S/C11H19N3O4/c15-9-8-14(7-6-12-9)11(18)13-5-3-1-2-4-10(16)17/h1-8H2,(H,12,15)(H,13,18)(H,16,17). The SMILES string of the molecule is O=C(O)CCCCCNC(=O)N1CCNC(=O)C1. The van der Waals surface area contributed by atoms with Crippen LogP contribution in [-0.2, 0) is 9.59 Å². The highest BCUT2D eigenvalue weighted by atomic mass is 16.4. The van der Waals surface area contributed by atoms with E-state index in [2.05, 4.69) is 10.6 Å². The first-order valence-corrected chi connectivity index (χ1v) is 6.11. The van der Waals surface area contributed by atoms with Gasteiger partial charge in [0.05, 0.1) is 0 Å². The first-order valence-electron chi connectivity index (χ1n) is 6.11. The van der Waals surface area contributed by atoms with E-state index in [-0.39, 0.29) is 24.9 Å². The Bertz CT molecular complexity index is 319. The molecule has 0 atom stereocenters. The number of carboxylic acids is 1. The van der Waals surface area contributed by atoms with Crippen LogP contribution in [0.3, 0.4) is 0 Å². The number of nitrogens with one attached hydrogen (secondary N) is 2. The maximum atomic E-state index is 11.6. The third kappa shape index (κ3) is 5.51. The number of rotatable bonds is 6. The summed E-state index contributed by atoms with van der Waals surface area (Å²) in [6.45, 7) is 1.63. The molecule has 1 rings (SSSR count). The Balaban J connectivity index is 2.06. The molecule has 0 unspecified atom stereocenters. The molecule has 3 N–H and O–H groups in total. The second kappa shape index (κ2) is 7.52. The highest BCUT2D eigenvalue weighted by molar-refractivity contribution is 5.85. The molecule has 0 bridgehead atoms. The molecular formula is C11H19N3O4. The van der Waals surface area contributed by atoms with Gasteiger partial charge in [0.1, 0.15) is 6.54 Å². The molecule has 0 aromatic rings. The van der Waals surface area contributed by atoms with Crippen LogP contribution in [0.4, 0.5) is 4.79 Å². The average Bonchev–Trinajstić information content (AvgIpc) is 2.33. The van der Waals surface area contributed by atoms with Gasteiger partial charge in [0.2, 0.25) is 5.91 Å². The van der Waals surface area contributed by atoms with Crippen LogP contribution in [-0.4, -0.2) is 54.1 Å². The summed E-state index contributed by atoms with van der Waals surface area (Å²) in [6.07, 6.45) is 2.31. The van der Waals surface area contributed by atoms with Crippen LogP contribution in [0.1, 0.15) is 25.7 Å². The zero-order valence-electron chi connectivity index (χ0n) is 10.3. The van der Waals surface area contributed by atoms with Gasteiger partial charge in [-0.1, -0.05) is 6.42 Å². The van der Waals surface area contributed by atoms with Gasteiger partial charge in [-0.15, -0.1) is 0 Å². The van der Waals surface area contributed by atoms with Crippen molar-refractivity contribution in [3.8, 4) is 0 Å². The van der Waals surface area contributed by atoms with Crippen molar-refractivity contribution in [3.05, 3.63) is 0 Å². The van der Waals surface area contributed by atoms with E-state index in [9.17, 15) is 14.4 Å². The van der Waals surface area contributed by atoms with E-state index in [0.29, 0.717) is 26.1 Å². The maximum absolute atomic E-state index is 11.6. The largest absolute Gasteiger partial charge is 0.481 e. The van der Waals surface area contributed by atoms with Gasteiger partial charge >= 0.3 is 12.0 Å². The second-order valence-corrected chi connectivity index (χ2v) is 4.21. The fraction of sp³-hybridized carbons (Fsp3) is 0.727. The molecule has 0 spiro atoms. The van der Waals surface area contributed by atoms with Crippen LogP contribution < -0.4 is 10.6 Å². The molecule has 1 fully saturated rings. The van der Waals surface area contributed by atoms with E-state index >= 15 is 0 Å². The van der Waals surface area contributed by atoms with Crippen molar-refractivity contribution >= 4 is 17.9 Å². The second-order valence-electron chi connectivity index (χ2n) is 4.21. The molecule has 0 saturated carbocycles. The first kappa shape index (κ1) is 14.3. The Kier molecular flexibility index (Phi) is 5.96. The lowest BCUT2D eigenvalue weighted by Crippen LogP contribution is -2.53. The summed E-state index contributed by atoms with van der Waals surface area (Å²) in [5.74, 6) is -0.934. The summed E-state index contributed by atoms with van der Waals surface area (Å²) >= 11 is 0. The van der Waals surface area contributed by atoms with Crippen LogP contribution in [0.25, 0.3) is 0 Å². The number of aliphatic carboxylic acids is 1. The van der Waals surface area contributed by atoms with E-state index < -0.39 is 5.97 Å². The number of amides is 3. The topological polar surface area (TPSA) is 98.7 Å². The molecule has 1 aliphatic rings. The fourth-order valence-electron chi connectivity index (χ4n) is 1.70. The number of unbranched alkanes of at least 4 members (excludes halogenated alkanes) is 2. The molecule has 0 aromatic carbocycles. The smallest absolute Gasteiger partial charge is 0.317 e. The predicted octanol–water partition coefficient (Wildman–Crippen LogP) is -0.227. The van der Waals surface area contributed by atoms with Gasteiger partial charge in [-0.25, -0.2) is 4.79 Å². The highest BCUT2D eigenvalue weighted by Crippen LogP contribution is 1.99. The van der Waals surface area contributed by atoms with Gasteiger partial charge in [-0.2, -0.15) is 0 Å². The molecule has 0 radical (unpaired) electrons. The van der Waals surface area contributed by atoms with Crippen molar-refractivity contribution in [1.29, 1.82) is 0 Å². The van der Waals surface area contributed by atoms with Crippen LogP contribution in [0.2, 0.25) is 0 Å². The summed E-state index contributed by atoms with van der Waals surface area (Å²) < 4.78 is 0. The lowest BCUT2D eigenvalue weighted by molar-refractivity contribution is -0.137. The van der Waals surface area contributed by atoms with Crippen molar-refractivity contribution in [2.75, 3.05) is 26.2 Å². The van der Waals surface area contributed by atoms with Gasteiger partial charge in [0, 0.05) is 26.1 Å². The summed E-state index contributed by atoms with van der Waals surface area (Å²) in [4.78, 5) is 34.4. The molecule has 102 valence electrons. The number of piperazine rings is 1. The van der Waals surface area contributed by atoms with Crippen molar-refractivity contribution in [2.45, 2.75) is 25.7 Å². The molecule has 7 heteroatoms. The molecular weight excluding hydrogens is 238 g/mol. The zero-order valence-corrected chi connectivity index (χ0v) is 10.3. The maximum Gasteiger partial charge on any atom is 0.317 e. The normalized spacial score (nSPS) is 15.1. The Labute approximate surface area is 106 Å². The summed E-state index contributed by atoms with van der Waals surface area (Å²) in [6, 6.07) is -0.233. The molecule has 0 aliphatic carbocycles. The molecule has 18 heavy (non-hydrogen) atoms. The third-order valence-electron chi connectivity index (χ3n) is 2.67. The number of hydrogen-bond acceptors (Lipinski definition) is 3. The van der Waals surface area contributed by atoms with Crippen LogP contribution in [0.5, 0.6) is 0 Å². The lowest BCUT2D eigenvalue weighted by Gasteiger charge is -2.26. The van der Waals surface area contributed by atoms with Crippen LogP contribution >= 0.6 is 0 Å². The number of urea groups is 1. The fourth-order valence-corrected chi connectivity index (χ4v) is 1.70. The summed E-state index contributed by atoms with van der Waals surface area (Å²) in [5, 5.41) is 13.8. The lowest BCUT2D eigenvalue weighted by atomic mass is 10.2. The average molecular weight is 257 g/mol. The molecule has 7 nitrogen and oxygen atoms in total. The monoisotopic (exact) mass is 257 g/mol. The van der Waals surface area contributed by atoms with Gasteiger partial charge < -0.3 is 20.6 Å². The van der Waals surface area contributed by atoms with Crippen molar-refractivity contribution in [2.24, 2.45) is 0 Å². The quantitative estimate of drug-likeness (QED) is 0.572. The highest BCUT2D eigenvalue weighted by Gasteiger charge is 2.20. The summed E-state index contributed by atoms with van der Waals surface area (Å²) in [5.41, 5.74) is 0. The Morgan fingerprint density at radius 3 is 2.78 bits per heavy atom. The number of hydrogen-bond donors (Lipinski definition) is 3. The van der Waals surface area contributed by atoms with Gasteiger partial charge in [0.15, 0.2) is 0 Å². The van der Waals surface area contributed by atoms with E-state index in [1.165, 1.54) is 4.90 Å². The van der Waals surface area contributed by atoms with Crippen LogP contribution in [0.15, 0.2) is 0 Å². The van der Waals surface area contributed by atoms with Crippen molar-refractivity contribution in [3.63, 3.8) is 0 Å². The number of carbonyl (C=O) groups is 3. The first-order chi connectivity index (χ1) is 8.59. The molecule has 1 aliphatic heterocycles. The zero-order chi connectivity index (χ0) is 13.4. The van der Waals surface area contributed by atoms with E-state index in [1.54, 1.807) is 0 Å². The van der Waals surface area contributed by atoms with Gasteiger partial charge in [-0.3, -0.25) is 9.59 Å². The van der Waals surface area contributed by atoms with Gasteiger partial charge in [-0.05, 0) is 12.8 Å². The van der Waals surface area contributed by atoms with E-state index in [0.717, 1.165) is 12.8 Å². The third-order valence-corrected chi connectivity index (χ3v) is 2.67. The molecule has 3 amide bonds. The minimum absolute atomic E-state index is 0.102. The van der Waals surface area contributed by atoms with Crippen LogP contribution in [0, 0.1) is 0 Å². The minimum atomic E-state index is -0.793. The number of nitrogens with zero attached hydrogens (tertiary/aromatic N) is 1. The summed E-state index contributed by atoms with van der Waals surface area (Å²) in [7, 11) is 0.